The fourth-order valence-corrected chi connectivity index (χ4v) is 3.00. The number of benzene rings is 2. The van der Waals surface area contributed by atoms with Crippen LogP contribution >= 0.6 is 23.4 Å². The van der Waals surface area contributed by atoms with Crippen molar-refractivity contribution in [3.63, 3.8) is 0 Å². The standard InChI is InChI=1S/C19H20ClFN2O3S/c1-13(26-16-8-6-15(21)7-9-16)19(25)23-22-18(24)3-2-12-27-17-10-4-14(20)5-11-17/h4-11,13H,2-3,12H2,1H3,(H,22,24)(H,23,25). The summed E-state index contributed by atoms with van der Waals surface area (Å²) in [5.74, 6) is -0.0321. The summed E-state index contributed by atoms with van der Waals surface area (Å²) in [6.07, 6.45) is 0.112. The Labute approximate surface area is 166 Å². The Hall–Kier alpha value is -2.25. The quantitative estimate of drug-likeness (QED) is 0.392. The summed E-state index contributed by atoms with van der Waals surface area (Å²) in [6.45, 7) is 1.54. The minimum atomic E-state index is -0.837. The summed E-state index contributed by atoms with van der Waals surface area (Å²) in [6, 6.07) is 12.8. The van der Waals surface area contributed by atoms with Gasteiger partial charge in [-0.3, -0.25) is 20.4 Å². The van der Waals surface area contributed by atoms with Crippen LogP contribution in [0.2, 0.25) is 5.02 Å². The Morgan fingerprint density at radius 3 is 2.44 bits per heavy atom. The van der Waals surface area contributed by atoms with Gasteiger partial charge in [0.1, 0.15) is 11.6 Å². The zero-order valence-corrected chi connectivity index (χ0v) is 16.3. The van der Waals surface area contributed by atoms with Crippen molar-refractivity contribution < 1.29 is 18.7 Å². The van der Waals surface area contributed by atoms with Gasteiger partial charge in [-0.25, -0.2) is 4.39 Å². The van der Waals surface area contributed by atoms with Crippen LogP contribution in [0.4, 0.5) is 4.39 Å². The van der Waals surface area contributed by atoms with Crippen LogP contribution in [0, 0.1) is 5.82 Å². The maximum atomic E-state index is 12.8. The molecule has 0 aliphatic rings. The third-order valence-corrected chi connectivity index (χ3v) is 4.80. The number of amides is 2. The minimum Gasteiger partial charge on any atom is -0.481 e. The van der Waals surface area contributed by atoms with E-state index in [-0.39, 0.29) is 18.1 Å². The molecule has 5 nitrogen and oxygen atoms in total. The molecule has 0 heterocycles. The number of nitrogens with one attached hydrogen (secondary N) is 2. The summed E-state index contributed by atoms with van der Waals surface area (Å²) in [5.41, 5.74) is 4.68. The topological polar surface area (TPSA) is 67.4 Å². The van der Waals surface area contributed by atoms with E-state index >= 15 is 0 Å². The van der Waals surface area contributed by atoms with E-state index in [2.05, 4.69) is 10.9 Å². The Bertz CT molecular complexity index is 757. The van der Waals surface area contributed by atoms with E-state index in [1.54, 1.807) is 11.8 Å². The Balaban J connectivity index is 1.61. The fraction of sp³-hybridized carbons (Fsp3) is 0.263. The van der Waals surface area contributed by atoms with Crippen molar-refractivity contribution in [3.8, 4) is 5.75 Å². The van der Waals surface area contributed by atoms with Crippen LogP contribution < -0.4 is 15.6 Å². The van der Waals surface area contributed by atoms with Crippen molar-refractivity contribution in [2.75, 3.05) is 5.75 Å². The molecular formula is C19H20ClFN2O3S. The van der Waals surface area contributed by atoms with Gasteiger partial charge in [-0.1, -0.05) is 11.6 Å². The van der Waals surface area contributed by atoms with Gasteiger partial charge >= 0.3 is 0 Å². The van der Waals surface area contributed by atoms with E-state index in [0.717, 1.165) is 10.6 Å². The van der Waals surface area contributed by atoms with Crippen LogP contribution in [0.3, 0.4) is 0 Å². The first kappa shape index (κ1) is 21.1. The lowest BCUT2D eigenvalue weighted by molar-refractivity contribution is -0.132. The molecule has 0 aliphatic carbocycles. The molecule has 1 atom stereocenters. The maximum Gasteiger partial charge on any atom is 0.279 e. The maximum absolute atomic E-state index is 12.8. The lowest BCUT2D eigenvalue weighted by Gasteiger charge is -2.15. The second-order valence-electron chi connectivity index (χ2n) is 5.66. The van der Waals surface area contributed by atoms with Gasteiger partial charge in [-0.15, -0.1) is 11.8 Å². The third-order valence-electron chi connectivity index (χ3n) is 3.45. The molecule has 0 bridgehead atoms. The molecule has 2 N–H and O–H groups in total. The monoisotopic (exact) mass is 410 g/mol. The molecule has 8 heteroatoms. The number of hydrazine groups is 1. The Morgan fingerprint density at radius 1 is 1.11 bits per heavy atom. The molecule has 2 aromatic rings. The Morgan fingerprint density at radius 2 is 1.78 bits per heavy atom. The van der Waals surface area contributed by atoms with Gasteiger partial charge in [0.2, 0.25) is 5.91 Å². The number of ether oxygens (including phenoxy) is 1. The highest BCUT2D eigenvalue weighted by molar-refractivity contribution is 7.99. The second-order valence-corrected chi connectivity index (χ2v) is 7.26. The normalized spacial score (nSPS) is 11.5. The molecule has 0 saturated heterocycles. The highest BCUT2D eigenvalue weighted by Crippen LogP contribution is 2.21. The Kier molecular flexibility index (Phi) is 8.42. The average molecular weight is 411 g/mol. The molecule has 2 rings (SSSR count). The lowest BCUT2D eigenvalue weighted by atomic mass is 10.3. The molecule has 144 valence electrons. The largest absolute Gasteiger partial charge is 0.481 e. The van der Waals surface area contributed by atoms with Gasteiger partial charge in [-0.05, 0) is 67.6 Å². The van der Waals surface area contributed by atoms with Crippen LogP contribution in [0.15, 0.2) is 53.4 Å². The molecule has 0 fully saturated rings. The van der Waals surface area contributed by atoms with E-state index < -0.39 is 12.0 Å². The molecule has 0 saturated carbocycles. The van der Waals surface area contributed by atoms with Crippen molar-refractivity contribution in [1.29, 1.82) is 0 Å². The smallest absolute Gasteiger partial charge is 0.279 e. The van der Waals surface area contributed by atoms with E-state index in [1.165, 1.54) is 31.2 Å². The van der Waals surface area contributed by atoms with E-state index in [9.17, 15) is 14.0 Å². The highest BCUT2D eigenvalue weighted by Gasteiger charge is 2.15. The highest BCUT2D eigenvalue weighted by atomic mass is 35.5. The second kappa shape index (κ2) is 10.8. The third kappa shape index (κ3) is 7.88. The van der Waals surface area contributed by atoms with Crippen LogP contribution in [-0.2, 0) is 9.59 Å². The first-order valence-corrected chi connectivity index (χ1v) is 9.69. The first-order valence-electron chi connectivity index (χ1n) is 8.33. The predicted molar refractivity (Wildman–Crippen MR) is 104 cm³/mol. The number of hydrogen-bond acceptors (Lipinski definition) is 4. The van der Waals surface area contributed by atoms with Crippen LogP contribution in [0.5, 0.6) is 5.75 Å². The zero-order chi connectivity index (χ0) is 19.6. The number of halogens is 2. The molecule has 2 amide bonds. The number of carbonyl (C=O) groups excluding carboxylic acids is 2. The summed E-state index contributed by atoms with van der Waals surface area (Å²) in [4.78, 5) is 24.8. The molecule has 0 aliphatic heterocycles. The van der Waals surface area contributed by atoms with Gasteiger partial charge in [0.05, 0.1) is 0 Å². The summed E-state index contributed by atoms with van der Waals surface area (Å²) in [7, 11) is 0. The van der Waals surface area contributed by atoms with Crippen LogP contribution in [0.1, 0.15) is 19.8 Å². The molecular weight excluding hydrogens is 391 g/mol. The van der Waals surface area contributed by atoms with Crippen molar-refractivity contribution in [3.05, 3.63) is 59.4 Å². The molecule has 1 unspecified atom stereocenters. The summed E-state index contributed by atoms with van der Waals surface area (Å²) in [5, 5.41) is 0.687. The van der Waals surface area contributed by atoms with Crippen molar-refractivity contribution >= 4 is 35.2 Å². The van der Waals surface area contributed by atoms with Crippen LogP contribution in [0.25, 0.3) is 0 Å². The lowest BCUT2D eigenvalue weighted by Crippen LogP contribution is -2.47. The number of rotatable bonds is 8. The van der Waals surface area contributed by atoms with Gasteiger partial charge < -0.3 is 4.74 Å². The van der Waals surface area contributed by atoms with Gasteiger partial charge in [0, 0.05) is 16.3 Å². The SMILES string of the molecule is CC(Oc1ccc(F)cc1)C(=O)NNC(=O)CCCSc1ccc(Cl)cc1. The molecule has 0 aromatic heterocycles. The fourth-order valence-electron chi connectivity index (χ4n) is 2.02. The number of carbonyl (C=O) groups is 2. The van der Waals surface area contributed by atoms with E-state index in [0.29, 0.717) is 17.2 Å². The van der Waals surface area contributed by atoms with Crippen LogP contribution in [-0.4, -0.2) is 23.7 Å². The van der Waals surface area contributed by atoms with E-state index in [4.69, 9.17) is 16.3 Å². The van der Waals surface area contributed by atoms with Gasteiger partial charge in [0.15, 0.2) is 6.10 Å². The van der Waals surface area contributed by atoms with Crippen molar-refractivity contribution in [2.45, 2.75) is 30.8 Å². The van der Waals surface area contributed by atoms with Crippen molar-refractivity contribution in [1.82, 2.24) is 10.9 Å². The number of hydrogen-bond donors (Lipinski definition) is 2. The number of thioether (sulfide) groups is 1. The average Bonchev–Trinajstić information content (AvgIpc) is 2.66. The van der Waals surface area contributed by atoms with Gasteiger partial charge in [0.25, 0.3) is 5.91 Å². The predicted octanol–water partition coefficient (Wildman–Crippen LogP) is 3.97. The minimum absolute atomic E-state index is 0.283. The summed E-state index contributed by atoms with van der Waals surface area (Å²) >= 11 is 7.46. The molecule has 2 aromatic carbocycles. The summed E-state index contributed by atoms with van der Waals surface area (Å²) < 4.78 is 18.2. The van der Waals surface area contributed by atoms with Crippen molar-refractivity contribution in [2.24, 2.45) is 0 Å². The first-order chi connectivity index (χ1) is 12.9. The molecule has 0 spiro atoms. The zero-order valence-electron chi connectivity index (χ0n) is 14.7. The van der Waals surface area contributed by atoms with E-state index in [1.807, 2.05) is 24.3 Å². The molecule has 27 heavy (non-hydrogen) atoms. The molecule has 0 radical (unpaired) electrons. The van der Waals surface area contributed by atoms with Gasteiger partial charge in [-0.2, -0.15) is 0 Å².